The molecule has 0 aliphatic heterocycles. The summed E-state index contributed by atoms with van der Waals surface area (Å²) in [7, 11) is 0. The van der Waals surface area contributed by atoms with Crippen molar-refractivity contribution in [2.45, 2.75) is 33.7 Å². The Labute approximate surface area is 126 Å². The lowest BCUT2D eigenvalue weighted by atomic mass is 10.00. The fourth-order valence-corrected chi connectivity index (χ4v) is 2.61. The molecule has 2 rings (SSSR count). The molecule has 0 aliphatic rings. The lowest BCUT2D eigenvalue weighted by molar-refractivity contribution is 0.0940. The van der Waals surface area contributed by atoms with Crippen molar-refractivity contribution in [1.82, 2.24) is 5.32 Å². The Morgan fingerprint density at radius 3 is 2.38 bits per heavy atom. The van der Waals surface area contributed by atoms with Crippen molar-refractivity contribution >= 4 is 11.6 Å². The van der Waals surface area contributed by atoms with Crippen molar-refractivity contribution in [1.29, 1.82) is 0 Å². The number of hydrogen-bond donors (Lipinski definition) is 2. The van der Waals surface area contributed by atoms with Gasteiger partial charge in [-0.25, -0.2) is 0 Å². The topological polar surface area (TPSA) is 55.1 Å². The molecule has 21 heavy (non-hydrogen) atoms. The van der Waals surface area contributed by atoms with Gasteiger partial charge in [-0.15, -0.1) is 0 Å². The summed E-state index contributed by atoms with van der Waals surface area (Å²) in [5.41, 5.74) is 11.5. The molecule has 0 heterocycles. The van der Waals surface area contributed by atoms with Gasteiger partial charge in [-0.05, 0) is 62.6 Å². The molecule has 0 fully saturated rings. The van der Waals surface area contributed by atoms with E-state index in [0.717, 1.165) is 11.1 Å². The third kappa shape index (κ3) is 3.63. The van der Waals surface area contributed by atoms with Crippen LogP contribution in [-0.2, 0) is 0 Å². The highest BCUT2D eigenvalue weighted by Crippen LogP contribution is 2.19. The maximum Gasteiger partial charge on any atom is 0.251 e. The number of nitrogens with two attached hydrogens (primary N) is 1. The van der Waals surface area contributed by atoms with Crippen LogP contribution < -0.4 is 11.1 Å². The summed E-state index contributed by atoms with van der Waals surface area (Å²) in [5, 5.41) is 3.03. The summed E-state index contributed by atoms with van der Waals surface area (Å²) in [5.74, 6) is -0.0992. The summed E-state index contributed by atoms with van der Waals surface area (Å²) in [4.78, 5) is 12.3. The van der Waals surface area contributed by atoms with Gasteiger partial charge in [0.25, 0.3) is 5.91 Å². The van der Waals surface area contributed by atoms with E-state index in [2.05, 4.69) is 37.4 Å². The first kappa shape index (κ1) is 15.1. The van der Waals surface area contributed by atoms with Crippen LogP contribution in [0.2, 0.25) is 0 Å². The van der Waals surface area contributed by atoms with E-state index in [1.807, 2.05) is 26.0 Å². The summed E-state index contributed by atoms with van der Waals surface area (Å²) in [6.07, 6.45) is 0. The predicted molar refractivity (Wildman–Crippen MR) is 87.4 cm³/mol. The molecular weight excluding hydrogens is 260 g/mol. The molecule has 1 unspecified atom stereocenters. The second-order valence-electron chi connectivity index (χ2n) is 5.69. The van der Waals surface area contributed by atoms with Crippen LogP contribution in [0.4, 0.5) is 5.69 Å². The predicted octanol–water partition coefficient (Wildman–Crippen LogP) is 3.69. The molecule has 0 bridgehead atoms. The molecular formula is C18H22N2O. The van der Waals surface area contributed by atoms with Crippen molar-refractivity contribution in [3.05, 3.63) is 64.2 Å². The van der Waals surface area contributed by atoms with Gasteiger partial charge in [0.15, 0.2) is 0 Å². The molecule has 0 aromatic heterocycles. The fourth-order valence-electron chi connectivity index (χ4n) is 2.61. The Kier molecular flexibility index (Phi) is 4.32. The Bertz CT molecular complexity index is 657. The van der Waals surface area contributed by atoms with E-state index in [1.54, 1.807) is 6.07 Å². The van der Waals surface area contributed by atoms with Crippen molar-refractivity contribution in [3.8, 4) is 0 Å². The second-order valence-corrected chi connectivity index (χ2v) is 5.69. The molecule has 0 saturated heterocycles. The van der Waals surface area contributed by atoms with E-state index in [4.69, 9.17) is 5.73 Å². The first-order valence-corrected chi connectivity index (χ1v) is 7.12. The summed E-state index contributed by atoms with van der Waals surface area (Å²) in [6, 6.07) is 11.6. The molecule has 2 aromatic carbocycles. The minimum Gasteiger partial charge on any atom is -0.399 e. The Morgan fingerprint density at radius 2 is 1.76 bits per heavy atom. The number of amides is 1. The van der Waals surface area contributed by atoms with Crippen molar-refractivity contribution in [2.75, 3.05) is 5.73 Å². The van der Waals surface area contributed by atoms with Crippen LogP contribution in [0.1, 0.15) is 45.6 Å². The third-order valence-electron chi connectivity index (χ3n) is 3.60. The maximum atomic E-state index is 12.3. The van der Waals surface area contributed by atoms with E-state index in [-0.39, 0.29) is 11.9 Å². The summed E-state index contributed by atoms with van der Waals surface area (Å²) >= 11 is 0. The lowest BCUT2D eigenvalue weighted by Gasteiger charge is -2.17. The Balaban J connectivity index is 2.18. The van der Waals surface area contributed by atoms with Crippen LogP contribution in [0.25, 0.3) is 0 Å². The summed E-state index contributed by atoms with van der Waals surface area (Å²) < 4.78 is 0. The van der Waals surface area contributed by atoms with E-state index in [9.17, 15) is 4.79 Å². The maximum absolute atomic E-state index is 12.3. The minimum atomic E-state index is -0.0992. The number of nitrogens with one attached hydrogen (secondary N) is 1. The number of nitrogen functional groups attached to an aromatic ring is 1. The van der Waals surface area contributed by atoms with Crippen molar-refractivity contribution in [3.63, 3.8) is 0 Å². The minimum absolute atomic E-state index is 0.0418. The average Bonchev–Trinajstić information content (AvgIpc) is 2.37. The zero-order chi connectivity index (χ0) is 15.6. The normalized spacial score (nSPS) is 12.0. The Hall–Kier alpha value is -2.29. The molecule has 2 aromatic rings. The van der Waals surface area contributed by atoms with Crippen LogP contribution in [0, 0.1) is 20.8 Å². The number of carbonyl (C=O) groups is 1. The number of anilines is 1. The molecule has 0 radical (unpaired) electrons. The highest BCUT2D eigenvalue weighted by atomic mass is 16.1. The smallest absolute Gasteiger partial charge is 0.251 e. The van der Waals surface area contributed by atoms with Gasteiger partial charge in [0, 0.05) is 11.3 Å². The highest BCUT2D eigenvalue weighted by molar-refractivity contribution is 5.95. The van der Waals surface area contributed by atoms with Crippen molar-refractivity contribution < 1.29 is 4.79 Å². The second kappa shape index (κ2) is 6.00. The first-order valence-electron chi connectivity index (χ1n) is 7.12. The van der Waals surface area contributed by atoms with Crippen molar-refractivity contribution in [2.24, 2.45) is 0 Å². The molecule has 1 atom stereocenters. The van der Waals surface area contributed by atoms with E-state index in [0.29, 0.717) is 11.3 Å². The Morgan fingerprint density at radius 1 is 1.05 bits per heavy atom. The largest absolute Gasteiger partial charge is 0.399 e. The number of hydrogen-bond acceptors (Lipinski definition) is 2. The number of benzene rings is 2. The zero-order valence-corrected chi connectivity index (χ0v) is 13.0. The number of aryl methyl sites for hydroxylation is 3. The molecule has 3 N–H and O–H groups in total. The molecule has 0 saturated carbocycles. The molecule has 1 amide bonds. The van der Waals surface area contributed by atoms with Gasteiger partial charge in [0.05, 0.1) is 6.04 Å². The SMILES string of the molecule is Cc1cc(N)cc(C(=O)NC(C)c2ccc(C)cc2C)c1. The van der Waals surface area contributed by atoms with Gasteiger partial charge in [-0.1, -0.05) is 23.8 Å². The van der Waals surface area contributed by atoms with Crippen LogP contribution in [0.3, 0.4) is 0 Å². The number of carbonyl (C=O) groups excluding carboxylic acids is 1. The van der Waals surface area contributed by atoms with Crippen LogP contribution in [0.5, 0.6) is 0 Å². The van der Waals surface area contributed by atoms with Crippen LogP contribution in [0.15, 0.2) is 36.4 Å². The quantitative estimate of drug-likeness (QED) is 0.844. The third-order valence-corrected chi connectivity index (χ3v) is 3.60. The van der Waals surface area contributed by atoms with Gasteiger partial charge in [-0.2, -0.15) is 0 Å². The van der Waals surface area contributed by atoms with Crippen LogP contribution in [-0.4, -0.2) is 5.91 Å². The standard InChI is InChI=1S/C18H22N2O/c1-11-5-6-17(13(3)7-11)14(4)20-18(21)15-8-12(2)9-16(19)10-15/h5-10,14H,19H2,1-4H3,(H,20,21). The monoisotopic (exact) mass is 282 g/mol. The molecule has 3 heteroatoms. The van der Waals surface area contributed by atoms with Gasteiger partial charge in [-0.3, -0.25) is 4.79 Å². The van der Waals surface area contributed by atoms with Gasteiger partial charge in [0.2, 0.25) is 0 Å². The lowest BCUT2D eigenvalue weighted by Crippen LogP contribution is -2.27. The molecule has 0 aliphatic carbocycles. The van der Waals surface area contributed by atoms with E-state index in [1.165, 1.54) is 11.1 Å². The zero-order valence-electron chi connectivity index (χ0n) is 13.0. The van der Waals surface area contributed by atoms with Gasteiger partial charge < -0.3 is 11.1 Å². The first-order chi connectivity index (χ1) is 9.86. The van der Waals surface area contributed by atoms with E-state index < -0.39 is 0 Å². The molecule has 3 nitrogen and oxygen atoms in total. The van der Waals surface area contributed by atoms with Gasteiger partial charge >= 0.3 is 0 Å². The molecule has 0 spiro atoms. The van der Waals surface area contributed by atoms with E-state index >= 15 is 0 Å². The number of rotatable bonds is 3. The highest BCUT2D eigenvalue weighted by Gasteiger charge is 2.13. The fraction of sp³-hybridized carbons (Fsp3) is 0.278. The molecule has 110 valence electrons. The van der Waals surface area contributed by atoms with Gasteiger partial charge in [0.1, 0.15) is 0 Å². The average molecular weight is 282 g/mol. The van der Waals surface area contributed by atoms with Crippen LogP contribution >= 0.6 is 0 Å². The summed E-state index contributed by atoms with van der Waals surface area (Å²) in [6.45, 7) is 8.06.